The Morgan fingerprint density at radius 2 is 2.11 bits per heavy atom. The van der Waals surface area contributed by atoms with Crippen LogP contribution >= 0.6 is 11.6 Å². The number of nitro benzene ring substituents is 1. The Bertz CT molecular complexity index is 646. The summed E-state index contributed by atoms with van der Waals surface area (Å²) in [5.41, 5.74) is 0.0303. The van der Waals surface area contributed by atoms with Gasteiger partial charge in [-0.15, -0.1) is 0 Å². The zero-order chi connectivity index (χ0) is 13.8. The fraction of sp³-hybridized carbons (Fsp3) is 0. The Labute approximate surface area is 113 Å². The van der Waals surface area contributed by atoms with E-state index < -0.39 is 10.8 Å². The van der Waals surface area contributed by atoms with Gasteiger partial charge in [0.15, 0.2) is 0 Å². The summed E-state index contributed by atoms with van der Waals surface area (Å²) in [5.74, 6) is -0.206. The molecule has 19 heavy (non-hydrogen) atoms. The van der Waals surface area contributed by atoms with Crippen LogP contribution in [0.15, 0.2) is 42.6 Å². The topological polar surface area (TPSA) is 85.1 Å². The fourth-order valence-electron chi connectivity index (χ4n) is 1.42. The highest BCUT2D eigenvalue weighted by molar-refractivity contribution is 6.30. The van der Waals surface area contributed by atoms with E-state index in [1.54, 1.807) is 6.07 Å². The van der Waals surface area contributed by atoms with Gasteiger partial charge < -0.3 is 5.32 Å². The number of halogens is 1. The summed E-state index contributed by atoms with van der Waals surface area (Å²) in [7, 11) is 0. The van der Waals surface area contributed by atoms with Gasteiger partial charge >= 0.3 is 0 Å². The van der Waals surface area contributed by atoms with Crippen LogP contribution in [0.3, 0.4) is 0 Å². The van der Waals surface area contributed by atoms with Gasteiger partial charge in [-0.25, -0.2) is 4.98 Å². The summed E-state index contributed by atoms with van der Waals surface area (Å²) in [6, 6.07) is 8.49. The van der Waals surface area contributed by atoms with Crippen molar-refractivity contribution in [2.45, 2.75) is 0 Å². The molecular formula is C12H8ClN3O3. The summed E-state index contributed by atoms with van der Waals surface area (Å²) in [4.78, 5) is 25.9. The van der Waals surface area contributed by atoms with Gasteiger partial charge in [-0.05, 0) is 18.2 Å². The third-order valence-electron chi connectivity index (χ3n) is 2.28. The van der Waals surface area contributed by atoms with Crippen molar-refractivity contribution < 1.29 is 9.72 Å². The minimum absolute atomic E-state index is 0.147. The van der Waals surface area contributed by atoms with Crippen LogP contribution in [-0.4, -0.2) is 15.8 Å². The molecule has 0 aliphatic rings. The molecule has 0 aliphatic carbocycles. The number of carbonyl (C=O) groups excluding carboxylic acids is 1. The fourth-order valence-corrected chi connectivity index (χ4v) is 1.58. The summed E-state index contributed by atoms with van der Waals surface area (Å²) >= 11 is 5.76. The molecule has 96 valence electrons. The third-order valence-corrected chi connectivity index (χ3v) is 2.52. The van der Waals surface area contributed by atoms with Crippen LogP contribution in [0.25, 0.3) is 0 Å². The van der Waals surface area contributed by atoms with Gasteiger partial charge in [-0.2, -0.15) is 0 Å². The van der Waals surface area contributed by atoms with Crippen molar-refractivity contribution in [3.63, 3.8) is 0 Å². The molecule has 1 heterocycles. The Balaban J connectivity index is 2.20. The molecule has 0 spiro atoms. The van der Waals surface area contributed by atoms with E-state index in [-0.39, 0.29) is 17.1 Å². The van der Waals surface area contributed by atoms with E-state index in [0.717, 1.165) is 0 Å². The molecule has 0 bridgehead atoms. The van der Waals surface area contributed by atoms with E-state index in [0.29, 0.717) is 5.02 Å². The first-order valence-corrected chi connectivity index (χ1v) is 5.61. The Morgan fingerprint density at radius 1 is 1.32 bits per heavy atom. The molecule has 6 nitrogen and oxygen atoms in total. The number of hydrogen-bond acceptors (Lipinski definition) is 4. The van der Waals surface area contributed by atoms with E-state index in [4.69, 9.17) is 11.6 Å². The van der Waals surface area contributed by atoms with Gasteiger partial charge in [0.2, 0.25) is 0 Å². The van der Waals surface area contributed by atoms with Crippen LogP contribution in [0.4, 0.5) is 11.5 Å². The van der Waals surface area contributed by atoms with Crippen molar-refractivity contribution in [3.8, 4) is 0 Å². The van der Waals surface area contributed by atoms with Crippen LogP contribution in [0, 0.1) is 10.1 Å². The van der Waals surface area contributed by atoms with Crippen LogP contribution in [0.5, 0.6) is 0 Å². The van der Waals surface area contributed by atoms with Crippen LogP contribution < -0.4 is 5.32 Å². The molecule has 0 atom stereocenters. The average Bonchev–Trinajstić information content (AvgIpc) is 2.39. The van der Waals surface area contributed by atoms with Gasteiger partial charge in [0.25, 0.3) is 11.6 Å². The van der Waals surface area contributed by atoms with Gasteiger partial charge in [0.1, 0.15) is 5.82 Å². The molecule has 2 rings (SSSR count). The smallest absolute Gasteiger partial charge is 0.270 e. The maximum atomic E-state index is 11.9. The number of benzene rings is 1. The maximum Gasteiger partial charge on any atom is 0.270 e. The van der Waals surface area contributed by atoms with Crippen molar-refractivity contribution >= 4 is 29.0 Å². The van der Waals surface area contributed by atoms with Gasteiger partial charge in [-0.3, -0.25) is 14.9 Å². The molecule has 1 aromatic carbocycles. The van der Waals surface area contributed by atoms with Crippen molar-refractivity contribution in [1.29, 1.82) is 0 Å². The number of anilines is 1. The van der Waals surface area contributed by atoms with E-state index in [1.165, 1.54) is 36.5 Å². The lowest BCUT2D eigenvalue weighted by Crippen LogP contribution is -2.13. The normalized spacial score (nSPS) is 9.95. The first kappa shape index (κ1) is 13.0. The zero-order valence-electron chi connectivity index (χ0n) is 9.54. The number of hydrogen-bond donors (Lipinski definition) is 1. The number of nitrogens with one attached hydrogen (secondary N) is 1. The molecule has 7 heteroatoms. The van der Waals surface area contributed by atoms with Crippen LogP contribution in [0.1, 0.15) is 10.4 Å². The standard InChI is InChI=1S/C12H8ClN3O3/c13-9-4-5-14-11(7-9)15-12(17)8-2-1-3-10(6-8)16(18)19/h1-7H,(H,14,15,17). The molecule has 0 fully saturated rings. The predicted molar refractivity (Wildman–Crippen MR) is 70.3 cm³/mol. The second kappa shape index (κ2) is 5.45. The van der Waals surface area contributed by atoms with Gasteiger partial charge in [0, 0.05) is 28.9 Å². The van der Waals surface area contributed by atoms with E-state index >= 15 is 0 Å². The second-order valence-corrected chi connectivity index (χ2v) is 4.06. The van der Waals surface area contributed by atoms with Gasteiger partial charge in [-0.1, -0.05) is 17.7 Å². The third kappa shape index (κ3) is 3.26. The monoisotopic (exact) mass is 277 g/mol. The second-order valence-electron chi connectivity index (χ2n) is 3.62. The minimum Gasteiger partial charge on any atom is -0.307 e. The number of non-ortho nitro benzene ring substituents is 1. The lowest BCUT2D eigenvalue weighted by Gasteiger charge is -2.04. The Morgan fingerprint density at radius 3 is 2.79 bits per heavy atom. The molecule has 0 radical (unpaired) electrons. The number of amides is 1. The largest absolute Gasteiger partial charge is 0.307 e. The number of nitro groups is 1. The minimum atomic E-state index is -0.561. The SMILES string of the molecule is O=C(Nc1cc(Cl)ccn1)c1cccc([N+](=O)[O-])c1. The van der Waals surface area contributed by atoms with Crippen molar-refractivity contribution in [2.75, 3.05) is 5.32 Å². The van der Waals surface area contributed by atoms with Crippen molar-refractivity contribution in [3.05, 3.63) is 63.3 Å². The number of nitrogens with zero attached hydrogens (tertiary/aromatic N) is 2. The molecule has 0 saturated heterocycles. The number of rotatable bonds is 3. The molecule has 1 amide bonds. The molecule has 1 N–H and O–H groups in total. The average molecular weight is 278 g/mol. The zero-order valence-corrected chi connectivity index (χ0v) is 10.3. The quantitative estimate of drug-likeness (QED) is 0.690. The molecule has 0 unspecified atom stereocenters. The highest BCUT2D eigenvalue weighted by atomic mass is 35.5. The first-order chi connectivity index (χ1) is 9.06. The summed E-state index contributed by atoms with van der Waals surface area (Å²) in [5, 5.41) is 13.6. The van der Waals surface area contributed by atoms with E-state index in [2.05, 4.69) is 10.3 Å². The summed E-state index contributed by atoms with van der Waals surface area (Å²) in [6.45, 7) is 0. The van der Waals surface area contributed by atoms with Gasteiger partial charge in [0.05, 0.1) is 4.92 Å². The van der Waals surface area contributed by atoms with Crippen molar-refractivity contribution in [2.24, 2.45) is 0 Å². The predicted octanol–water partition coefficient (Wildman–Crippen LogP) is 2.90. The highest BCUT2D eigenvalue weighted by Gasteiger charge is 2.12. The Kier molecular flexibility index (Phi) is 3.72. The lowest BCUT2D eigenvalue weighted by molar-refractivity contribution is -0.384. The molecule has 0 aliphatic heterocycles. The lowest BCUT2D eigenvalue weighted by atomic mass is 10.2. The summed E-state index contributed by atoms with van der Waals surface area (Å²) < 4.78 is 0. The number of aromatic nitrogens is 1. The van der Waals surface area contributed by atoms with E-state index in [1.807, 2.05) is 0 Å². The summed E-state index contributed by atoms with van der Waals surface area (Å²) in [6.07, 6.45) is 1.45. The van der Waals surface area contributed by atoms with E-state index in [9.17, 15) is 14.9 Å². The molecular weight excluding hydrogens is 270 g/mol. The highest BCUT2D eigenvalue weighted by Crippen LogP contribution is 2.16. The maximum absolute atomic E-state index is 11.9. The van der Waals surface area contributed by atoms with Crippen molar-refractivity contribution in [1.82, 2.24) is 4.98 Å². The molecule has 1 aromatic heterocycles. The van der Waals surface area contributed by atoms with Crippen LogP contribution in [0.2, 0.25) is 5.02 Å². The number of carbonyl (C=O) groups is 1. The first-order valence-electron chi connectivity index (χ1n) is 5.23. The molecule has 0 saturated carbocycles. The van der Waals surface area contributed by atoms with Crippen LogP contribution in [-0.2, 0) is 0 Å². The molecule has 2 aromatic rings. The number of pyridine rings is 1. The Hall–Kier alpha value is -2.47.